The van der Waals surface area contributed by atoms with Gasteiger partial charge in [0.05, 0.1) is 0 Å². The molecule has 0 aliphatic rings. The lowest BCUT2D eigenvalue weighted by Crippen LogP contribution is -2.16. The second kappa shape index (κ2) is 8.47. The van der Waals surface area contributed by atoms with Gasteiger partial charge >= 0.3 is 0 Å². The molecule has 26 heavy (non-hydrogen) atoms. The van der Waals surface area contributed by atoms with E-state index in [9.17, 15) is 4.79 Å². The van der Waals surface area contributed by atoms with Crippen LogP contribution in [0.2, 0.25) is 0 Å². The quantitative estimate of drug-likeness (QED) is 0.300. The van der Waals surface area contributed by atoms with Gasteiger partial charge in [0, 0.05) is 30.6 Å². The Morgan fingerprint density at radius 3 is 2.77 bits per heavy atom. The van der Waals surface area contributed by atoms with Crippen molar-refractivity contribution in [3.8, 4) is 0 Å². The molecule has 3 rings (SSSR count). The first-order valence-electron chi connectivity index (χ1n) is 9.07. The summed E-state index contributed by atoms with van der Waals surface area (Å²) in [6.07, 6.45) is 2.55. The Balaban J connectivity index is 1.57. The second-order valence-corrected chi connectivity index (χ2v) is 6.10. The fourth-order valence-corrected chi connectivity index (χ4v) is 2.91. The second-order valence-electron chi connectivity index (χ2n) is 6.10. The molecule has 134 valence electrons. The van der Waals surface area contributed by atoms with Crippen molar-refractivity contribution in [2.45, 2.75) is 19.9 Å². The predicted octanol–water partition coefficient (Wildman–Crippen LogP) is 3.33. The zero-order chi connectivity index (χ0) is 19.2. The van der Waals surface area contributed by atoms with Crippen molar-refractivity contribution in [1.82, 2.24) is 15.8 Å². The number of hydrogen-bond acceptors (Lipinski definition) is 3. The Labute approximate surface area is 154 Å². The highest BCUT2D eigenvalue weighted by Gasteiger charge is 2.07. The van der Waals surface area contributed by atoms with E-state index in [-0.39, 0.29) is 6.40 Å². The average Bonchev–Trinajstić information content (AvgIpc) is 3.02. The van der Waals surface area contributed by atoms with Gasteiger partial charge in [-0.1, -0.05) is 42.5 Å². The first-order valence-corrected chi connectivity index (χ1v) is 8.49. The standard InChI is InChI=1S/C21H23N3O2/c1-15-18(19-4-2-3-5-20(19)23-15)12-13-22-14-17-8-6-16(7-9-17)10-11-21(25)24-26/h2-11,22-23,26H,12-14H2,1H3,(H,24,25)/i12D. The number of fused-ring (bicyclic) bond motifs is 1. The van der Waals surface area contributed by atoms with E-state index < -0.39 is 5.91 Å². The maximum atomic E-state index is 11.0. The minimum absolute atomic E-state index is 0.347. The van der Waals surface area contributed by atoms with Crippen LogP contribution >= 0.6 is 0 Å². The number of H-pyrrole nitrogens is 1. The number of carbonyl (C=O) groups excluding carboxylic acids is 1. The molecule has 0 aliphatic carbocycles. The number of benzene rings is 2. The van der Waals surface area contributed by atoms with Crippen LogP contribution in [-0.2, 0) is 17.7 Å². The topological polar surface area (TPSA) is 77.2 Å². The summed E-state index contributed by atoms with van der Waals surface area (Å²) in [7, 11) is 0. The molecule has 3 aromatic rings. The number of hydroxylamine groups is 1. The highest BCUT2D eigenvalue weighted by Crippen LogP contribution is 2.21. The van der Waals surface area contributed by atoms with E-state index >= 15 is 0 Å². The van der Waals surface area contributed by atoms with E-state index in [4.69, 9.17) is 6.58 Å². The fraction of sp³-hybridized carbons (Fsp3) is 0.190. The van der Waals surface area contributed by atoms with E-state index in [2.05, 4.69) is 16.4 Å². The lowest BCUT2D eigenvalue weighted by atomic mass is 10.1. The minimum Gasteiger partial charge on any atom is -0.358 e. The smallest absolute Gasteiger partial charge is 0.267 e. The van der Waals surface area contributed by atoms with Gasteiger partial charge in [-0.3, -0.25) is 10.0 Å². The van der Waals surface area contributed by atoms with Crippen molar-refractivity contribution in [2.75, 3.05) is 6.54 Å². The minimum atomic E-state index is -0.560. The van der Waals surface area contributed by atoms with Crippen molar-refractivity contribution in [3.05, 3.63) is 77.0 Å². The summed E-state index contributed by atoms with van der Waals surface area (Å²) >= 11 is 0. The third kappa shape index (κ3) is 4.39. The summed E-state index contributed by atoms with van der Waals surface area (Å²) in [6.45, 7) is 3.24. The Morgan fingerprint density at radius 1 is 1.23 bits per heavy atom. The molecule has 0 radical (unpaired) electrons. The summed E-state index contributed by atoms with van der Waals surface area (Å²) < 4.78 is 8.52. The largest absolute Gasteiger partial charge is 0.358 e. The van der Waals surface area contributed by atoms with Gasteiger partial charge in [-0.25, -0.2) is 5.48 Å². The molecule has 1 atom stereocenters. The fourth-order valence-electron chi connectivity index (χ4n) is 2.91. The lowest BCUT2D eigenvalue weighted by Gasteiger charge is -2.06. The van der Waals surface area contributed by atoms with E-state index in [1.54, 1.807) is 11.6 Å². The van der Waals surface area contributed by atoms with Crippen molar-refractivity contribution in [2.24, 2.45) is 0 Å². The summed E-state index contributed by atoms with van der Waals surface area (Å²) in [4.78, 5) is 14.3. The number of aromatic nitrogens is 1. The summed E-state index contributed by atoms with van der Waals surface area (Å²) in [6, 6.07) is 15.8. The Kier molecular flexibility index (Phi) is 5.40. The Hall–Kier alpha value is -2.89. The predicted molar refractivity (Wildman–Crippen MR) is 104 cm³/mol. The van der Waals surface area contributed by atoms with E-state index in [0.717, 1.165) is 33.3 Å². The van der Waals surface area contributed by atoms with Crippen LogP contribution in [0.25, 0.3) is 17.0 Å². The highest BCUT2D eigenvalue weighted by atomic mass is 16.5. The van der Waals surface area contributed by atoms with Crippen LogP contribution in [0.3, 0.4) is 0 Å². The van der Waals surface area contributed by atoms with Crippen molar-refractivity contribution < 1.29 is 11.4 Å². The summed E-state index contributed by atoms with van der Waals surface area (Å²) in [5.41, 5.74) is 6.68. The Bertz CT molecular complexity index is 948. The van der Waals surface area contributed by atoms with E-state index in [0.29, 0.717) is 13.1 Å². The zero-order valence-electron chi connectivity index (χ0n) is 15.6. The van der Waals surface area contributed by atoms with Gasteiger partial charge in [0.15, 0.2) is 0 Å². The number of aromatic amines is 1. The number of amides is 1. The van der Waals surface area contributed by atoms with Crippen molar-refractivity contribution in [1.29, 1.82) is 0 Å². The van der Waals surface area contributed by atoms with Crippen molar-refractivity contribution in [3.63, 3.8) is 0 Å². The molecule has 0 fully saturated rings. The SMILES string of the molecule is [2H]C(CNCc1ccc(C=CC(=O)NO)cc1)c1c(C)[nH]c2ccccc12. The Morgan fingerprint density at radius 2 is 2.00 bits per heavy atom. The number of rotatable bonds is 7. The summed E-state index contributed by atoms with van der Waals surface area (Å²) in [5, 5.41) is 12.9. The van der Waals surface area contributed by atoms with Crippen molar-refractivity contribution >= 4 is 22.9 Å². The van der Waals surface area contributed by atoms with E-state index in [1.807, 2.05) is 49.4 Å². The molecule has 0 bridgehead atoms. The first-order chi connectivity index (χ1) is 13.1. The summed E-state index contributed by atoms with van der Waals surface area (Å²) in [5.74, 6) is -0.560. The first kappa shape index (κ1) is 16.6. The number of para-hydroxylation sites is 1. The molecule has 1 unspecified atom stereocenters. The van der Waals surface area contributed by atoms with Crippen LogP contribution in [0.5, 0.6) is 0 Å². The third-order valence-electron chi connectivity index (χ3n) is 4.24. The maximum Gasteiger partial charge on any atom is 0.267 e. The van der Waals surface area contributed by atoms with Gasteiger partial charge < -0.3 is 10.3 Å². The van der Waals surface area contributed by atoms with Gasteiger partial charge in [-0.2, -0.15) is 0 Å². The van der Waals surface area contributed by atoms with Gasteiger partial charge in [0.2, 0.25) is 0 Å². The molecule has 1 amide bonds. The number of carbonyl (C=O) groups is 1. The monoisotopic (exact) mass is 350 g/mol. The van der Waals surface area contributed by atoms with Crippen LogP contribution < -0.4 is 10.8 Å². The average molecular weight is 350 g/mol. The van der Waals surface area contributed by atoms with Crippen LogP contribution in [0.1, 0.15) is 23.8 Å². The molecular weight excluding hydrogens is 326 g/mol. The molecule has 5 nitrogen and oxygen atoms in total. The molecular formula is C21H23N3O2. The maximum absolute atomic E-state index is 11.0. The van der Waals surface area contributed by atoms with Crippen LogP contribution in [0.15, 0.2) is 54.6 Å². The number of hydrogen-bond donors (Lipinski definition) is 4. The van der Waals surface area contributed by atoms with Gasteiger partial charge in [-0.05, 0) is 48.7 Å². The van der Waals surface area contributed by atoms with Gasteiger partial charge in [0.25, 0.3) is 5.91 Å². The molecule has 1 heterocycles. The lowest BCUT2D eigenvalue weighted by molar-refractivity contribution is -0.124. The van der Waals surface area contributed by atoms with Crippen LogP contribution in [-0.4, -0.2) is 22.6 Å². The van der Waals surface area contributed by atoms with E-state index in [1.165, 1.54) is 6.08 Å². The highest BCUT2D eigenvalue weighted by molar-refractivity contribution is 5.90. The normalized spacial score (nSPS) is 13.1. The molecule has 0 spiro atoms. The molecule has 0 saturated carbocycles. The van der Waals surface area contributed by atoms with Gasteiger partial charge in [0.1, 0.15) is 0 Å². The molecule has 0 saturated heterocycles. The van der Waals surface area contributed by atoms with Gasteiger partial charge in [-0.15, -0.1) is 0 Å². The molecule has 4 N–H and O–H groups in total. The molecule has 0 aliphatic heterocycles. The third-order valence-corrected chi connectivity index (χ3v) is 4.24. The molecule has 5 heteroatoms. The molecule has 1 aromatic heterocycles. The number of aryl methyl sites for hydroxylation is 1. The molecule has 2 aromatic carbocycles. The zero-order valence-corrected chi connectivity index (χ0v) is 14.6. The van der Waals surface area contributed by atoms with Crippen LogP contribution in [0, 0.1) is 6.92 Å². The van der Waals surface area contributed by atoms with Crippen LogP contribution in [0.4, 0.5) is 0 Å². The number of nitrogens with one attached hydrogen (secondary N) is 3.